The number of hydrogen-bond acceptors (Lipinski definition) is 26. The van der Waals surface area contributed by atoms with Gasteiger partial charge in [-0.05, 0) is 190 Å². The number of esters is 2. The number of carbonyl (C=O) groups excluding carboxylic acids is 3. The maximum atomic E-state index is 14.4. The van der Waals surface area contributed by atoms with Gasteiger partial charge in [-0.2, -0.15) is 26.3 Å². The zero-order valence-electron chi connectivity index (χ0n) is 73.6. The molecule has 696 valence electrons. The summed E-state index contributed by atoms with van der Waals surface area (Å²) in [4.78, 5) is 78.2. The normalized spacial score (nSPS) is 13.3. The fourth-order valence-corrected chi connectivity index (χ4v) is 15.5. The number of nitrogens with zero attached hydrogens (tertiary/aromatic N) is 31. The molecule has 0 bridgehead atoms. The van der Waals surface area contributed by atoms with Gasteiger partial charge in [0.2, 0.25) is 0 Å². The number of hydrogen-bond donors (Lipinski definition) is 2. The second-order valence-electron chi connectivity index (χ2n) is 32.5. The van der Waals surface area contributed by atoms with Crippen LogP contribution in [-0.4, -0.2) is 153 Å². The maximum absolute atomic E-state index is 14.4. The van der Waals surface area contributed by atoms with Crippen molar-refractivity contribution < 1.29 is 42.5 Å². The van der Waals surface area contributed by atoms with Gasteiger partial charge >= 0.3 is 17.9 Å². The number of Topliss-reactive ketones (excluding diaryl/α,β-unsaturated/α-hetero) is 1. The van der Waals surface area contributed by atoms with Crippen LogP contribution in [0.25, 0.3) is 49.7 Å². The van der Waals surface area contributed by atoms with Crippen molar-refractivity contribution >= 4 is 110 Å². The van der Waals surface area contributed by atoms with Crippen molar-refractivity contribution in [2.45, 2.75) is 159 Å². The van der Waals surface area contributed by atoms with E-state index in [-0.39, 0.29) is 76.8 Å². The Morgan fingerprint density at radius 1 is 0.507 bits per heavy atom. The van der Waals surface area contributed by atoms with Crippen LogP contribution in [0.2, 0.25) is 10.0 Å². The van der Waals surface area contributed by atoms with Crippen molar-refractivity contribution in [3.63, 3.8) is 0 Å². The SMILES string of the molecule is C#CC(=O)OCC.CCOC(=O)c1cn(Cc2cn3cc(C4CC4)cc(C#N)c3n2)nn1.Cl.N#Cc1cc(C2CC2)cn2cc(CCl)nc12.N#Cc1cc(C2CC2)cn2cc(CN=[N+]=[N-])nc12.N#Cc1cc(C2CC2)cn2cc(Cn3cc(C(=O)CCc4ncn5ccc(Cl)c(F)c45)nn3)nc12.N#Cc1cc(C2CC2)cn2cc(Cn3cc(C(=O)O)nn3)nc12.NCc1ncn2ccc(Cl)c(F)c12. The standard InChI is InChI=1S/C24H18ClFN8O.C17H16N6O2.C15H12N6O2.C12H10ClN3.C12H10N6.C8H7ClFN3.C5H6O2.ClH/c25-18-5-6-32-13-28-19(23(32)22(18)26)3-4-21(35)20-12-34(31-30-20)11-17-10-33-9-16(14-1-2-14)7-15(8-27)24(33)29-17;1-2-25-17(24)15-10-23(21-20-15)9-14-8-22-7-13(11-3-4-11)5-12(6-18)16(22)19-14;16-4-10-3-11(9-1-2-9)5-20-6-12(17-14(10)20)7-21-8-13(15(22)23)18-19-21;13-4-11-7-16-6-10(8-1-2-8)3-9(5-14)12(16)15-11;13-4-9-3-10(8-1-2-8)6-18-7-11(5-15-17-14)16-12(9)18;9-5-1-2-13-4-12-6(3-11)8(13)7(5)10;1-3-5(6)7-4-2;/h5-7,9-10,12-14H,1-4,11H2;5,7-8,10-11H,2-4,9H2,1H3;3,5-6,8-9H,1-2,7H2,(H,22,23);3,6-8H,1-2,4H2;3,6-8H,1-2,5H2;1-2,4H,3,11H2;1H,4H2,2H3;1H. The number of halogens is 6. The molecular formula is C93H80Cl4F2N32O7. The summed E-state index contributed by atoms with van der Waals surface area (Å²) in [5, 5.41) is 82.1. The smallest absolute Gasteiger partial charge is 0.384 e. The number of nitriles is 5. The molecular weight excluding hydrogens is 1860 g/mol. The van der Waals surface area contributed by atoms with Gasteiger partial charge in [0.25, 0.3) is 0 Å². The van der Waals surface area contributed by atoms with Crippen molar-refractivity contribution in [3.05, 3.63) is 293 Å². The van der Waals surface area contributed by atoms with E-state index in [0.717, 1.165) is 48.2 Å². The summed E-state index contributed by atoms with van der Waals surface area (Å²) < 4.78 is 54.0. The minimum atomic E-state index is -1.12. The second-order valence-corrected chi connectivity index (χ2v) is 33.6. The number of aromatic carboxylic acids is 1. The van der Waals surface area contributed by atoms with E-state index in [0.29, 0.717) is 158 Å². The number of ether oxygens (including phenoxy) is 2. The monoisotopic (exact) mass is 1930 g/mol. The minimum Gasteiger partial charge on any atom is -0.476 e. The number of carboxylic acid groups (broad SMARTS) is 1. The molecule has 3 N–H and O–H groups in total. The molecule has 5 aliphatic carbocycles. The van der Waals surface area contributed by atoms with Gasteiger partial charge in [0.15, 0.2) is 57.0 Å². The summed E-state index contributed by atoms with van der Waals surface area (Å²) in [7, 11) is 0. The quantitative estimate of drug-likeness (QED) is 0.00877. The first-order valence-corrected chi connectivity index (χ1v) is 44.5. The molecule has 17 aromatic rings. The summed E-state index contributed by atoms with van der Waals surface area (Å²) >= 11 is 17.3. The summed E-state index contributed by atoms with van der Waals surface area (Å²) in [6, 6.07) is 23.6. The Morgan fingerprint density at radius 2 is 0.848 bits per heavy atom. The predicted molar refractivity (Wildman–Crippen MR) is 496 cm³/mol. The highest BCUT2D eigenvalue weighted by atomic mass is 35.5. The van der Waals surface area contributed by atoms with Gasteiger partial charge in [0.05, 0.1) is 154 Å². The molecule has 5 saturated carbocycles. The molecule has 0 saturated heterocycles. The number of pyridine rings is 7. The lowest BCUT2D eigenvalue weighted by atomic mass is 10.1. The number of carboxylic acids is 1. The van der Waals surface area contributed by atoms with E-state index < -0.39 is 29.5 Å². The zero-order chi connectivity index (χ0) is 96.2. The Morgan fingerprint density at radius 3 is 1.19 bits per heavy atom. The molecule has 0 radical (unpaired) electrons. The topological polar surface area (TPSA) is 514 Å². The highest BCUT2D eigenvalue weighted by molar-refractivity contribution is 6.31. The molecule has 0 atom stereocenters. The van der Waals surface area contributed by atoms with Gasteiger partial charge in [-0.15, -0.1) is 45.7 Å². The van der Waals surface area contributed by atoms with Gasteiger partial charge in [-0.25, -0.2) is 72.1 Å². The number of aryl methyl sites for hydroxylation is 1. The molecule has 39 nitrogen and oxygen atoms in total. The van der Waals surface area contributed by atoms with Crippen LogP contribution in [0.5, 0.6) is 0 Å². The van der Waals surface area contributed by atoms with Crippen LogP contribution >= 0.6 is 47.2 Å². The Bertz CT molecular complexity index is 7860. The highest BCUT2D eigenvalue weighted by Gasteiger charge is 2.31. The molecule has 17 heterocycles. The summed E-state index contributed by atoms with van der Waals surface area (Å²) in [6.07, 6.45) is 47.0. The number of azide groups is 1. The van der Waals surface area contributed by atoms with E-state index in [9.17, 15) is 43.7 Å². The molecule has 0 aromatic carbocycles. The van der Waals surface area contributed by atoms with E-state index in [4.69, 9.17) is 66.4 Å². The van der Waals surface area contributed by atoms with Crippen molar-refractivity contribution in [1.29, 1.82) is 26.3 Å². The van der Waals surface area contributed by atoms with Crippen molar-refractivity contribution in [1.82, 2.24) is 111 Å². The minimum absolute atomic E-state index is 0. The average Bonchev–Trinajstić information content (AvgIpc) is 1.65. The van der Waals surface area contributed by atoms with Crippen LogP contribution in [0.15, 0.2) is 153 Å². The lowest BCUT2D eigenvalue weighted by Crippen LogP contribution is -2.05. The van der Waals surface area contributed by atoms with Crippen LogP contribution in [0.1, 0.15) is 241 Å². The number of imidazole rings is 7. The molecule has 17 aromatic heterocycles. The Hall–Kier alpha value is -16.4. The fraction of sp³-hybridized carbons (Fsp3) is 0.290. The van der Waals surface area contributed by atoms with Crippen LogP contribution < -0.4 is 5.73 Å². The first-order valence-electron chi connectivity index (χ1n) is 43.2. The lowest BCUT2D eigenvalue weighted by Gasteiger charge is -2.01. The average molecular weight is 1940 g/mol. The third-order valence-corrected chi connectivity index (χ3v) is 23.3. The number of nitrogens with two attached hydrogens (primary N) is 1. The number of alkyl halides is 1. The largest absolute Gasteiger partial charge is 0.476 e. The molecule has 5 aliphatic rings. The number of ketones is 1. The van der Waals surface area contributed by atoms with Crippen LogP contribution in [0.4, 0.5) is 8.78 Å². The molecule has 138 heavy (non-hydrogen) atoms. The highest BCUT2D eigenvalue weighted by Crippen LogP contribution is 2.45. The second kappa shape index (κ2) is 42.9. The van der Waals surface area contributed by atoms with Gasteiger partial charge in [0.1, 0.15) is 47.1 Å². The van der Waals surface area contributed by atoms with E-state index in [1.54, 1.807) is 42.8 Å². The number of aromatic nitrogens is 23. The molecule has 45 heteroatoms. The molecule has 0 amide bonds. The van der Waals surface area contributed by atoms with E-state index in [2.05, 4.69) is 124 Å². The fourth-order valence-electron chi connectivity index (χ4n) is 15.1. The summed E-state index contributed by atoms with van der Waals surface area (Å²) in [5.74, 6) is 1.58. The van der Waals surface area contributed by atoms with Crippen molar-refractivity contribution in [3.8, 4) is 42.7 Å². The first-order chi connectivity index (χ1) is 66.5. The van der Waals surface area contributed by atoms with Crippen molar-refractivity contribution in [2.24, 2.45) is 10.8 Å². The molecule has 0 spiro atoms. The lowest BCUT2D eigenvalue weighted by molar-refractivity contribution is -0.136. The van der Waals surface area contributed by atoms with Gasteiger partial charge in [-0.1, -0.05) is 44.0 Å². The number of carbonyl (C=O) groups is 4. The Kier molecular flexibility index (Phi) is 29.9. The summed E-state index contributed by atoms with van der Waals surface area (Å²) in [5.41, 5.74) is 31.1. The van der Waals surface area contributed by atoms with E-state index in [1.807, 2.05) is 108 Å². The van der Waals surface area contributed by atoms with Crippen LogP contribution in [0.3, 0.4) is 0 Å². The molecule has 0 aliphatic heterocycles. The molecule has 5 fully saturated rings. The van der Waals surface area contributed by atoms with Crippen LogP contribution in [0, 0.1) is 80.6 Å². The van der Waals surface area contributed by atoms with E-state index >= 15 is 0 Å². The third-order valence-electron chi connectivity index (χ3n) is 22.5. The van der Waals surface area contributed by atoms with Crippen molar-refractivity contribution in [2.75, 3.05) is 13.2 Å². The van der Waals surface area contributed by atoms with E-state index in [1.165, 1.54) is 111 Å². The number of rotatable bonds is 23. The maximum Gasteiger partial charge on any atom is 0.384 e. The number of fused-ring (bicyclic) bond motifs is 7. The molecule has 22 rings (SSSR count). The van der Waals surface area contributed by atoms with Gasteiger partial charge in [-0.3, -0.25) is 4.79 Å². The summed E-state index contributed by atoms with van der Waals surface area (Å²) in [6.45, 7) is 5.46. The third kappa shape index (κ3) is 22.7. The zero-order valence-corrected chi connectivity index (χ0v) is 76.7. The number of terminal acetylenes is 1. The first kappa shape index (κ1) is 96.2. The predicted octanol–water partition coefficient (Wildman–Crippen LogP) is 15.2. The van der Waals surface area contributed by atoms with Crippen LogP contribution in [-0.2, 0) is 59.3 Å². The molecule has 0 unspecified atom stereocenters. The van der Waals surface area contributed by atoms with Gasteiger partial charge in [0, 0.05) is 98.2 Å². The van der Waals surface area contributed by atoms with Gasteiger partial charge < -0.3 is 51.1 Å². The Labute approximate surface area is 803 Å². The Balaban J connectivity index is 0.000000127.